The van der Waals surface area contributed by atoms with Crippen molar-refractivity contribution < 1.29 is 22.7 Å². The molecule has 5 heteroatoms. The molecule has 1 rings (SSSR count). The van der Waals surface area contributed by atoms with E-state index in [0.29, 0.717) is 24.7 Å². The molecule has 1 saturated carbocycles. The summed E-state index contributed by atoms with van der Waals surface area (Å²) in [7, 11) is 0. The Hall–Kier alpha value is 0.200. The first-order chi connectivity index (χ1) is 7.41. The third-order valence-electron chi connectivity index (χ3n) is 3.40. The maximum atomic E-state index is 11.0. The summed E-state index contributed by atoms with van der Waals surface area (Å²) in [5.41, 5.74) is 0. The topological polar surface area (TPSA) is 74.6 Å². The molecule has 0 saturated heterocycles. The number of carboxylic acids is 2. The van der Waals surface area contributed by atoms with Crippen molar-refractivity contribution in [1.29, 1.82) is 0 Å². The van der Waals surface area contributed by atoms with Crippen LogP contribution in [0.1, 0.15) is 42.4 Å². The molecule has 1 aliphatic rings. The quantitative estimate of drug-likeness (QED) is 0.767. The first-order valence-electron chi connectivity index (χ1n) is 5.87. The van der Waals surface area contributed by atoms with Gasteiger partial charge < -0.3 is 13.1 Å². The van der Waals surface area contributed by atoms with Gasteiger partial charge in [-0.25, -0.2) is 0 Å². The SMILES string of the molecule is CC(C)CC1CCC(C(=O)O)C(C(=O)O)C1.[Ca+2].[H-].[H-]. The Labute approximate surface area is 135 Å². The van der Waals surface area contributed by atoms with Gasteiger partial charge in [-0.15, -0.1) is 0 Å². The molecule has 3 atom stereocenters. The van der Waals surface area contributed by atoms with E-state index < -0.39 is 23.8 Å². The monoisotopic (exact) mass is 270 g/mol. The average molecular weight is 270 g/mol. The van der Waals surface area contributed by atoms with E-state index in [0.717, 1.165) is 12.8 Å². The molecule has 0 aromatic carbocycles. The number of aliphatic carboxylic acids is 2. The van der Waals surface area contributed by atoms with Crippen LogP contribution in [-0.4, -0.2) is 59.9 Å². The normalized spacial score (nSPS) is 28.5. The Morgan fingerprint density at radius 3 is 2.12 bits per heavy atom. The van der Waals surface area contributed by atoms with E-state index in [1.165, 1.54) is 0 Å². The largest absolute Gasteiger partial charge is 2.00 e. The number of carboxylic acid groups (broad SMARTS) is 2. The maximum Gasteiger partial charge on any atom is 2.00 e. The van der Waals surface area contributed by atoms with Crippen molar-refractivity contribution in [2.45, 2.75) is 39.5 Å². The van der Waals surface area contributed by atoms with E-state index in [1.54, 1.807) is 0 Å². The number of carbonyl (C=O) groups is 2. The standard InChI is InChI=1S/C12H20O4.Ca.2H/c1-7(2)5-8-3-4-9(11(13)14)10(6-8)12(15)16;;;/h7-10H,3-6H2,1-2H3,(H,13,14)(H,15,16);;;/q;+2;2*-1. The van der Waals surface area contributed by atoms with E-state index in [4.69, 9.17) is 10.2 Å². The van der Waals surface area contributed by atoms with Crippen LogP contribution in [0.25, 0.3) is 0 Å². The molecule has 0 aliphatic heterocycles. The maximum absolute atomic E-state index is 11.0. The van der Waals surface area contributed by atoms with Gasteiger partial charge >= 0.3 is 49.7 Å². The second-order valence-electron chi connectivity index (χ2n) is 5.20. The van der Waals surface area contributed by atoms with Crippen LogP contribution in [0, 0.1) is 23.7 Å². The van der Waals surface area contributed by atoms with Crippen LogP contribution in [0.3, 0.4) is 0 Å². The van der Waals surface area contributed by atoms with Gasteiger partial charge in [-0.1, -0.05) is 13.8 Å². The Kier molecular flexibility index (Phi) is 7.68. The fraction of sp³-hybridized carbons (Fsp3) is 0.833. The molecule has 1 fully saturated rings. The van der Waals surface area contributed by atoms with Crippen molar-refractivity contribution in [1.82, 2.24) is 0 Å². The predicted octanol–water partition coefficient (Wildman–Crippen LogP) is 2.08. The summed E-state index contributed by atoms with van der Waals surface area (Å²) in [6.07, 6.45) is 2.86. The zero-order valence-electron chi connectivity index (χ0n) is 12.6. The molecule has 0 bridgehead atoms. The Balaban J connectivity index is -0.000000853. The van der Waals surface area contributed by atoms with E-state index in [2.05, 4.69) is 13.8 Å². The van der Waals surface area contributed by atoms with E-state index in [1.807, 2.05) is 0 Å². The summed E-state index contributed by atoms with van der Waals surface area (Å²) in [6, 6.07) is 0. The Morgan fingerprint density at radius 1 is 1.18 bits per heavy atom. The van der Waals surface area contributed by atoms with E-state index >= 15 is 0 Å². The molecule has 0 amide bonds. The molecule has 3 unspecified atom stereocenters. The summed E-state index contributed by atoms with van der Waals surface area (Å²) in [5, 5.41) is 18.0. The second-order valence-corrected chi connectivity index (χ2v) is 5.20. The van der Waals surface area contributed by atoms with Crippen LogP contribution >= 0.6 is 0 Å². The third-order valence-corrected chi connectivity index (χ3v) is 3.40. The van der Waals surface area contributed by atoms with E-state index in [9.17, 15) is 9.59 Å². The molecule has 0 radical (unpaired) electrons. The summed E-state index contributed by atoms with van der Waals surface area (Å²) >= 11 is 0. The molecule has 1 aliphatic carbocycles. The Bertz CT molecular complexity index is 287. The van der Waals surface area contributed by atoms with Gasteiger partial charge in [0.05, 0.1) is 11.8 Å². The fourth-order valence-electron chi connectivity index (χ4n) is 2.71. The van der Waals surface area contributed by atoms with Gasteiger partial charge in [0.15, 0.2) is 0 Å². The van der Waals surface area contributed by atoms with E-state index in [-0.39, 0.29) is 40.6 Å². The van der Waals surface area contributed by atoms with Crippen molar-refractivity contribution in [3.8, 4) is 0 Å². The van der Waals surface area contributed by atoms with Crippen LogP contribution in [-0.2, 0) is 9.59 Å². The van der Waals surface area contributed by atoms with Crippen LogP contribution in [0.15, 0.2) is 0 Å². The molecule has 2 N–H and O–H groups in total. The molecule has 4 nitrogen and oxygen atoms in total. The predicted molar refractivity (Wildman–Crippen MR) is 67.0 cm³/mol. The van der Waals surface area contributed by atoms with Gasteiger partial charge in [0, 0.05) is 0 Å². The van der Waals surface area contributed by atoms with Crippen LogP contribution in [0.4, 0.5) is 0 Å². The van der Waals surface area contributed by atoms with Gasteiger partial charge in [-0.05, 0) is 37.5 Å². The van der Waals surface area contributed by atoms with Crippen molar-refractivity contribution in [2.75, 3.05) is 0 Å². The van der Waals surface area contributed by atoms with Crippen LogP contribution < -0.4 is 0 Å². The summed E-state index contributed by atoms with van der Waals surface area (Å²) in [4.78, 5) is 22.0. The number of rotatable bonds is 4. The van der Waals surface area contributed by atoms with Gasteiger partial charge in [0.2, 0.25) is 0 Å². The molecular formula is C12H22CaO4. The van der Waals surface area contributed by atoms with Crippen molar-refractivity contribution >= 4 is 49.7 Å². The van der Waals surface area contributed by atoms with Gasteiger partial charge in [0.25, 0.3) is 0 Å². The van der Waals surface area contributed by atoms with Gasteiger partial charge in [-0.2, -0.15) is 0 Å². The molecule has 0 spiro atoms. The van der Waals surface area contributed by atoms with Crippen LogP contribution in [0.2, 0.25) is 0 Å². The molecule has 17 heavy (non-hydrogen) atoms. The molecule has 0 heterocycles. The zero-order valence-corrected chi connectivity index (χ0v) is 12.8. The summed E-state index contributed by atoms with van der Waals surface area (Å²) in [6.45, 7) is 4.22. The molecule has 0 aromatic rings. The molecule has 0 aromatic heterocycles. The van der Waals surface area contributed by atoms with Gasteiger partial charge in [0.1, 0.15) is 0 Å². The second kappa shape index (κ2) is 7.59. The smallest absolute Gasteiger partial charge is 1.00 e. The number of hydrogen-bond donors (Lipinski definition) is 2. The van der Waals surface area contributed by atoms with Crippen molar-refractivity contribution in [2.24, 2.45) is 23.7 Å². The van der Waals surface area contributed by atoms with Crippen molar-refractivity contribution in [3.05, 3.63) is 0 Å². The first kappa shape index (κ1) is 17.2. The van der Waals surface area contributed by atoms with Gasteiger partial charge in [-0.3, -0.25) is 9.59 Å². The summed E-state index contributed by atoms with van der Waals surface area (Å²) in [5.74, 6) is -2.40. The number of hydrogen-bond acceptors (Lipinski definition) is 2. The van der Waals surface area contributed by atoms with Crippen molar-refractivity contribution in [3.63, 3.8) is 0 Å². The molecule has 96 valence electrons. The Morgan fingerprint density at radius 2 is 1.71 bits per heavy atom. The zero-order chi connectivity index (χ0) is 12.3. The fourth-order valence-corrected chi connectivity index (χ4v) is 2.71. The minimum absolute atomic E-state index is 0. The minimum Gasteiger partial charge on any atom is -1.00 e. The third kappa shape index (κ3) is 5.14. The minimum atomic E-state index is -0.963. The average Bonchev–Trinajstić information content (AvgIpc) is 2.16. The van der Waals surface area contributed by atoms with Crippen LogP contribution in [0.5, 0.6) is 0 Å². The molecular weight excluding hydrogens is 248 g/mol. The summed E-state index contributed by atoms with van der Waals surface area (Å²) < 4.78 is 0. The first-order valence-corrected chi connectivity index (χ1v) is 5.87.